The third kappa shape index (κ3) is 2.75. The molecule has 0 unspecified atom stereocenters. The highest BCUT2D eigenvalue weighted by atomic mass is 79.9. The predicted molar refractivity (Wildman–Crippen MR) is 83.4 cm³/mol. The van der Waals surface area contributed by atoms with Crippen molar-refractivity contribution in [2.24, 2.45) is 0 Å². The summed E-state index contributed by atoms with van der Waals surface area (Å²) in [5.74, 6) is 1.22. The largest absolute Gasteiger partial charge is 0.507 e. The van der Waals surface area contributed by atoms with Crippen LogP contribution in [0.2, 0.25) is 0 Å². The van der Waals surface area contributed by atoms with Crippen molar-refractivity contribution in [2.45, 2.75) is 13.0 Å². The molecule has 1 aliphatic rings. The molecule has 104 valence electrons. The van der Waals surface area contributed by atoms with E-state index in [0.29, 0.717) is 0 Å². The van der Waals surface area contributed by atoms with Crippen LogP contribution in [-0.2, 0) is 6.54 Å². The first-order valence-electron chi connectivity index (χ1n) is 6.68. The van der Waals surface area contributed by atoms with Crippen molar-refractivity contribution in [3.8, 4) is 11.5 Å². The van der Waals surface area contributed by atoms with Gasteiger partial charge in [-0.05, 0) is 52.2 Å². The van der Waals surface area contributed by atoms with Crippen LogP contribution in [0.5, 0.6) is 11.5 Å². The van der Waals surface area contributed by atoms with Crippen molar-refractivity contribution in [2.75, 3.05) is 18.1 Å². The first-order chi connectivity index (χ1) is 9.74. The van der Waals surface area contributed by atoms with Gasteiger partial charge in [-0.3, -0.25) is 0 Å². The molecule has 0 saturated carbocycles. The van der Waals surface area contributed by atoms with Crippen LogP contribution in [-0.4, -0.2) is 18.3 Å². The number of nitrogens with zero attached hydrogens (tertiary/aromatic N) is 1. The third-order valence-corrected chi connectivity index (χ3v) is 4.06. The van der Waals surface area contributed by atoms with Gasteiger partial charge in [0.1, 0.15) is 11.5 Å². The summed E-state index contributed by atoms with van der Waals surface area (Å²) in [5.41, 5.74) is 2.29. The third-order valence-electron chi connectivity index (χ3n) is 3.42. The molecule has 0 aromatic heterocycles. The molecular formula is C16H16BrNO2. The van der Waals surface area contributed by atoms with Gasteiger partial charge in [0.2, 0.25) is 0 Å². The van der Waals surface area contributed by atoms with Gasteiger partial charge in [-0.1, -0.05) is 18.2 Å². The second-order valence-electron chi connectivity index (χ2n) is 4.88. The maximum absolute atomic E-state index is 9.57. The quantitative estimate of drug-likeness (QED) is 0.903. The molecule has 4 heteroatoms. The molecule has 0 saturated heterocycles. The summed E-state index contributed by atoms with van der Waals surface area (Å²) in [4.78, 5) is 2.32. The summed E-state index contributed by atoms with van der Waals surface area (Å²) in [6.45, 7) is 2.53. The smallest absolute Gasteiger partial charge is 0.142 e. The molecule has 0 spiro atoms. The van der Waals surface area contributed by atoms with Gasteiger partial charge in [-0.2, -0.15) is 0 Å². The van der Waals surface area contributed by atoms with Gasteiger partial charge >= 0.3 is 0 Å². The molecule has 1 N–H and O–H groups in total. The zero-order valence-electron chi connectivity index (χ0n) is 11.1. The molecular weight excluding hydrogens is 318 g/mol. The lowest BCUT2D eigenvalue weighted by atomic mass is 10.1. The lowest BCUT2D eigenvalue weighted by Crippen LogP contribution is -2.23. The molecule has 0 amide bonds. The summed E-state index contributed by atoms with van der Waals surface area (Å²) in [6.07, 6.45) is 1.01. The van der Waals surface area contributed by atoms with E-state index in [2.05, 4.69) is 26.9 Å². The Hall–Kier alpha value is -1.68. The van der Waals surface area contributed by atoms with E-state index >= 15 is 0 Å². The van der Waals surface area contributed by atoms with Crippen molar-refractivity contribution >= 4 is 21.6 Å². The number of aromatic hydroxyl groups is 1. The number of phenolic OH excluding ortho intramolecular Hbond substituents is 1. The van der Waals surface area contributed by atoms with E-state index in [0.717, 1.165) is 47.6 Å². The number of fused-ring (bicyclic) bond motifs is 1. The lowest BCUT2D eigenvalue weighted by Gasteiger charge is -2.24. The molecule has 3 rings (SSSR count). The maximum Gasteiger partial charge on any atom is 0.142 e. The zero-order valence-corrected chi connectivity index (χ0v) is 12.6. The Bertz CT molecular complexity index is 615. The fraction of sp³-hybridized carbons (Fsp3) is 0.250. The Morgan fingerprint density at radius 2 is 2.05 bits per heavy atom. The highest BCUT2D eigenvalue weighted by Gasteiger charge is 2.16. The van der Waals surface area contributed by atoms with Gasteiger partial charge in [0, 0.05) is 13.1 Å². The molecule has 0 aliphatic carbocycles. The van der Waals surface area contributed by atoms with Gasteiger partial charge in [-0.25, -0.2) is 0 Å². The fourth-order valence-corrected chi connectivity index (χ4v) is 2.86. The van der Waals surface area contributed by atoms with E-state index in [1.165, 1.54) is 0 Å². The van der Waals surface area contributed by atoms with Crippen molar-refractivity contribution < 1.29 is 9.84 Å². The molecule has 0 radical (unpaired) electrons. The van der Waals surface area contributed by atoms with E-state index in [1.54, 1.807) is 6.07 Å². The SMILES string of the molecule is Oc1ccc(CN2CCCOc3ccccc32)cc1Br. The molecule has 2 aromatic rings. The molecule has 2 aromatic carbocycles. The van der Waals surface area contributed by atoms with Gasteiger partial charge in [0.25, 0.3) is 0 Å². The van der Waals surface area contributed by atoms with E-state index in [9.17, 15) is 5.11 Å². The van der Waals surface area contributed by atoms with E-state index in [4.69, 9.17) is 4.74 Å². The first-order valence-corrected chi connectivity index (χ1v) is 7.47. The molecule has 1 aliphatic heterocycles. The number of hydrogen-bond donors (Lipinski definition) is 1. The number of hydrogen-bond acceptors (Lipinski definition) is 3. The van der Waals surface area contributed by atoms with Crippen LogP contribution < -0.4 is 9.64 Å². The Labute approximate surface area is 126 Å². The van der Waals surface area contributed by atoms with E-state index in [-0.39, 0.29) is 5.75 Å². The van der Waals surface area contributed by atoms with Crippen LogP contribution in [0.3, 0.4) is 0 Å². The minimum Gasteiger partial charge on any atom is -0.507 e. The number of anilines is 1. The molecule has 3 nitrogen and oxygen atoms in total. The first kappa shape index (κ1) is 13.3. The van der Waals surface area contributed by atoms with Crippen LogP contribution in [0.4, 0.5) is 5.69 Å². The lowest BCUT2D eigenvalue weighted by molar-refractivity contribution is 0.322. The Morgan fingerprint density at radius 1 is 1.20 bits per heavy atom. The summed E-state index contributed by atoms with van der Waals surface area (Å²) in [6, 6.07) is 13.8. The van der Waals surface area contributed by atoms with Crippen LogP contribution in [0.1, 0.15) is 12.0 Å². The molecule has 1 heterocycles. The van der Waals surface area contributed by atoms with E-state index < -0.39 is 0 Å². The number of rotatable bonds is 2. The predicted octanol–water partition coefficient (Wildman–Crippen LogP) is 3.94. The zero-order chi connectivity index (χ0) is 13.9. The van der Waals surface area contributed by atoms with Gasteiger partial charge in [-0.15, -0.1) is 0 Å². The number of ether oxygens (including phenoxy) is 1. The molecule has 20 heavy (non-hydrogen) atoms. The van der Waals surface area contributed by atoms with E-state index in [1.807, 2.05) is 30.3 Å². The standard InChI is InChI=1S/C16H16BrNO2/c17-13-10-12(6-7-15(13)19)11-18-8-3-9-20-16-5-2-1-4-14(16)18/h1-2,4-7,10,19H,3,8-9,11H2. The van der Waals surface area contributed by atoms with Crippen molar-refractivity contribution in [1.82, 2.24) is 0 Å². The molecule has 0 bridgehead atoms. The van der Waals surface area contributed by atoms with Gasteiger partial charge in [0.15, 0.2) is 0 Å². The normalized spacial score (nSPS) is 14.3. The fourth-order valence-electron chi connectivity index (χ4n) is 2.43. The van der Waals surface area contributed by atoms with Crippen LogP contribution in [0.15, 0.2) is 46.9 Å². The van der Waals surface area contributed by atoms with Crippen LogP contribution in [0.25, 0.3) is 0 Å². The Kier molecular flexibility index (Phi) is 3.83. The van der Waals surface area contributed by atoms with Crippen LogP contribution in [0, 0.1) is 0 Å². The average molecular weight is 334 g/mol. The minimum atomic E-state index is 0.272. The number of phenols is 1. The number of para-hydroxylation sites is 2. The van der Waals surface area contributed by atoms with Gasteiger partial charge < -0.3 is 14.7 Å². The number of benzene rings is 2. The highest BCUT2D eigenvalue weighted by molar-refractivity contribution is 9.10. The van der Waals surface area contributed by atoms with Crippen molar-refractivity contribution in [1.29, 1.82) is 0 Å². The Balaban J connectivity index is 1.88. The van der Waals surface area contributed by atoms with Crippen LogP contribution >= 0.6 is 15.9 Å². The second kappa shape index (κ2) is 5.75. The minimum absolute atomic E-state index is 0.272. The topological polar surface area (TPSA) is 32.7 Å². The average Bonchev–Trinajstić information content (AvgIpc) is 2.66. The van der Waals surface area contributed by atoms with Gasteiger partial charge in [0.05, 0.1) is 16.8 Å². The Morgan fingerprint density at radius 3 is 2.90 bits per heavy atom. The summed E-state index contributed by atoms with van der Waals surface area (Å²) >= 11 is 3.36. The summed E-state index contributed by atoms with van der Waals surface area (Å²) < 4.78 is 6.50. The molecule has 0 fully saturated rings. The number of halogens is 1. The van der Waals surface area contributed by atoms with Crippen molar-refractivity contribution in [3.05, 3.63) is 52.5 Å². The summed E-state index contributed by atoms with van der Waals surface area (Å²) in [5, 5.41) is 9.57. The van der Waals surface area contributed by atoms with Crippen molar-refractivity contribution in [3.63, 3.8) is 0 Å². The second-order valence-corrected chi connectivity index (χ2v) is 5.73. The maximum atomic E-state index is 9.57. The molecule has 0 atom stereocenters. The highest BCUT2D eigenvalue weighted by Crippen LogP contribution is 2.32. The monoisotopic (exact) mass is 333 g/mol. The summed E-state index contributed by atoms with van der Waals surface area (Å²) in [7, 11) is 0.